The highest BCUT2D eigenvalue weighted by Gasteiger charge is 2.32. The fourth-order valence-electron chi connectivity index (χ4n) is 3.30. The minimum absolute atomic E-state index is 0.155. The van der Waals surface area contributed by atoms with Gasteiger partial charge in [-0.3, -0.25) is 0 Å². The van der Waals surface area contributed by atoms with Crippen molar-refractivity contribution < 1.29 is 0 Å². The van der Waals surface area contributed by atoms with E-state index in [1.54, 1.807) is 0 Å². The lowest BCUT2D eigenvalue weighted by Crippen LogP contribution is -2.26. The molecule has 1 aliphatic rings. The second-order valence-corrected chi connectivity index (χ2v) is 6.84. The molecule has 23 heavy (non-hydrogen) atoms. The number of hydrogen-bond donors (Lipinski definition) is 1. The van der Waals surface area contributed by atoms with Crippen molar-refractivity contribution in [1.82, 2.24) is 0 Å². The summed E-state index contributed by atoms with van der Waals surface area (Å²) in [5.74, 6) is 0.618. The molecule has 2 unspecified atom stereocenters. The molecule has 0 saturated heterocycles. The number of rotatable bonds is 3. The first-order valence-electron chi connectivity index (χ1n) is 8.32. The Balaban J connectivity index is 2.15. The number of aryl methyl sites for hydroxylation is 1. The average Bonchev–Trinajstić information content (AvgIpc) is 2.56. The van der Waals surface area contributed by atoms with E-state index in [-0.39, 0.29) is 5.41 Å². The Kier molecular flexibility index (Phi) is 4.12. The summed E-state index contributed by atoms with van der Waals surface area (Å²) in [6.45, 7) is 6.71. The van der Waals surface area contributed by atoms with Crippen LogP contribution in [0, 0.1) is 12.8 Å². The quantitative estimate of drug-likeness (QED) is 0.754. The molecule has 0 amide bonds. The van der Waals surface area contributed by atoms with Crippen molar-refractivity contribution in [3.05, 3.63) is 89.0 Å². The van der Waals surface area contributed by atoms with Gasteiger partial charge in [-0.25, -0.2) is 0 Å². The maximum Gasteiger partial charge on any atom is 0.0420 e. The zero-order chi connectivity index (χ0) is 16.4. The summed E-state index contributed by atoms with van der Waals surface area (Å²) >= 11 is 0. The minimum atomic E-state index is -0.155. The Labute approximate surface area is 139 Å². The summed E-state index contributed by atoms with van der Waals surface area (Å²) in [6.07, 6.45) is 8.10. The lowest BCUT2D eigenvalue weighted by molar-refractivity contribution is 0.654. The minimum Gasteiger partial charge on any atom is -0.399 e. The third kappa shape index (κ3) is 2.96. The molecule has 0 heterocycles. The normalized spacial score (nSPS) is 20.0. The SMILES string of the molecule is Cc1ccc(C(C)(C2=CCC(C)C=C2)c2ccc(N)cc2)cc1. The van der Waals surface area contributed by atoms with Crippen molar-refractivity contribution in [2.75, 3.05) is 5.73 Å². The average molecular weight is 303 g/mol. The number of allylic oxidation sites excluding steroid dienone is 4. The highest BCUT2D eigenvalue weighted by molar-refractivity contribution is 5.54. The molecule has 2 aromatic rings. The number of nitrogen functional groups attached to an aromatic ring is 1. The summed E-state index contributed by atoms with van der Waals surface area (Å²) in [7, 11) is 0. The molecule has 0 spiro atoms. The summed E-state index contributed by atoms with van der Waals surface area (Å²) in [4.78, 5) is 0. The van der Waals surface area contributed by atoms with Crippen LogP contribution < -0.4 is 5.73 Å². The van der Waals surface area contributed by atoms with Gasteiger partial charge in [0.05, 0.1) is 0 Å². The topological polar surface area (TPSA) is 26.0 Å². The smallest absolute Gasteiger partial charge is 0.0420 e. The molecular formula is C22H25N. The van der Waals surface area contributed by atoms with Crippen LogP contribution in [-0.4, -0.2) is 0 Å². The largest absolute Gasteiger partial charge is 0.399 e. The van der Waals surface area contributed by atoms with Crippen molar-refractivity contribution >= 4 is 5.69 Å². The van der Waals surface area contributed by atoms with Crippen LogP contribution in [0.25, 0.3) is 0 Å². The summed E-state index contributed by atoms with van der Waals surface area (Å²) in [5, 5.41) is 0. The molecule has 0 radical (unpaired) electrons. The lowest BCUT2D eigenvalue weighted by Gasteiger charge is -2.34. The van der Waals surface area contributed by atoms with E-state index < -0.39 is 0 Å². The predicted molar refractivity (Wildman–Crippen MR) is 99.5 cm³/mol. The fourth-order valence-corrected chi connectivity index (χ4v) is 3.30. The molecule has 2 aromatic carbocycles. The van der Waals surface area contributed by atoms with E-state index in [1.807, 2.05) is 12.1 Å². The van der Waals surface area contributed by atoms with Gasteiger partial charge in [0.2, 0.25) is 0 Å². The number of hydrogen-bond acceptors (Lipinski definition) is 1. The van der Waals surface area contributed by atoms with Crippen LogP contribution in [0.15, 0.2) is 72.3 Å². The molecule has 0 aromatic heterocycles. The molecule has 118 valence electrons. The van der Waals surface area contributed by atoms with Crippen molar-refractivity contribution in [2.24, 2.45) is 5.92 Å². The summed E-state index contributed by atoms with van der Waals surface area (Å²) in [6, 6.07) is 17.2. The van der Waals surface area contributed by atoms with Crippen molar-refractivity contribution in [1.29, 1.82) is 0 Å². The third-order valence-electron chi connectivity index (χ3n) is 5.01. The summed E-state index contributed by atoms with van der Waals surface area (Å²) < 4.78 is 0. The molecule has 1 nitrogen and oxygen atoms in total. The van der Waals surface area contributed by atoms with E-state index in [0.717, 1.165) is 12.1 Å². The Morgan fingerprint density at radius 2 is 1.52 bits per heavy atom. The monoisotopic (exact) mass is 303 g/mol. The second-order valence-electron chi connectivity index (χ2n) is 6.84. The molecule has 0 saturated carbocycles. The van der Waals surface area contributed by atoms with Gasteiger partial charge < -0.3 is 5.73 Å². The highest BCUT2D eigenvalue weighted by Crippen LogP contribution is 2.41. The van der Waals surface area contributed by atoms with Gasteiger partial charge in [-0.2, -0.15) is 0 Å². The maximum absolute atomic E-state index is 5.90. The van der Waals surface area contributed by atoms with Crippen LogP contribution in [0.4, 0.5) is 5.69 Å². The van der Waals surface area contributed by atoms with Crippen LogP contribution in [0.3, 0.4) is 0 Å². The van der Waals surface area contributed by atoms with Gasteiger partial charge in [0, 0.05) is 11.1 Å². The highest BCUT2D eigenvalue weighted by atomic mass is 14.5. The molecule has 0 aliphatic heterocycles. The molecule has 3 rings (SSSR count). The molecule has 0 fully saturated rings. The van der Waals surface area contributed by atoms with E-state index in [2.05, 4.69) is 75.4 Å². The lowest BCUT2D eigenvalue weighted by atomic mass is 9.69. The molecule has 2 atom stereocenters. The molecule has 1 aliphatic carbocycles. The first kappa shape index (κ1) is 15.6. The van der Waals surface area contributed by atoms with Crippen LogP contribution in [-0.2, 0) is 5.41 Å². The van der Waals surface area contributed by atoms with Crippen LogP contribution in [0.5, 0.6) is 0 Å². The van der Waals surface area contributed by atoms with Gasteiger partial charge in [0.25, 0.3) is 0 Å². The molecular weight excluding hydrogens is 278 g/mol. The van der Waals surface area contributed by atoms with Gasteiger partial charge in [0.15, 0.2) is 0 Å². The molecule has 2 N–H and O–H groups in total. The Bertz CT molecular complexity index is 687. The van der Waals surface area contributed by atoms with Crippen molar-refractivity contribution in [2.45, 2.75) is 32.6 Å². The number of benzene rings is 2. The standard InChI is InChI=1S/C22H25N/c1-16-4-8-18(9-5-16)22(3,19-10-6-17(2)7-11-19)20-12-14-21(23)15-13-20/h4-6,8-15,17H,7,23H2,1-3H3. The van der Waals surface area contributed by atoms with Gasteiger partial charge in [0.1, 0.15) is 0 Å². The first-order chi connectivity index (χ1) is 11.0. The zero-order valence-electron chi connectivity index (χ0n) is 14.2. The van der Waals surface area contributed by atoms with E-state index in [4.69, 9.17) is 5.73 Å². The van der Waals surface area contributed by atoms with Crippen molar-refractivity contribution in [3.8, 4) is 0 Å². The van der Waals surface area contributed by atoms with Crippen LogP contribution >= 0.6 is 0 Å². The van der Waals surface area contributed by atoms with E-state index in [1.165, 1.54) is 22.3 Å². The maximum atomic E-state index is 5.90. The third-order valence-corrected chi connectivity index (χ3v) is 5.01. The molecule has 1 heteroatoms. The Hall–Kier alpha value is -2.28. The van der Waals surface area contributed by atoms with Gasteiger partial charge in [-0.15, -0.1) is 0 Å². The summed E-state index contributed by atoms with van der Waals surface area (Å²) in [5.41, 5.74) is 11.8. The fraction of sp³-hybridized carbons (Fsp3) is 0.273. The van der Waals surface area contributed by atoms with Gasteiger partial charge in [-0.05, 0) is 55.0 Å². The van der Waals surface area contributed by atoms with E-state index >= 15 is 0 Å². The van der Waals surface area contributed by atoms with Crippen LogP contribution in [0.1, 0.15) is 37.0 Å². The van der Waals surface area contributed by atoms with Gasteiger partial charge in [-0.1, -0.05) is 67.1 Å². The molecule has 0 bridgehead atoms. The Morgan fingerprint density at radius 1 is 0.957 bits per heavy atom. The zero-order valence-corrected chi connectivity index (χ0v) is 14.2. The van der Waals surface area contributed by atoms with Gasteiger partial charge >= 0.3 is 0 Å². The first-order valence-corrected chi connectivity index (χ1v) is 8.32. The number of anilines is 1. The predicted octanol–water partition coefficient (Wildman–Crippen LogP) is 5.41. The Morgan fingerprint density at radius 3 is 2.04 bits per heavy atom. The number of nitrogens with two attached hydrogens (primary N) is 1. The van der Waals surface area contributed by atoms with Crippen molar-refractivity contribution in [3.63, 3.8) is 0 Å². The van der Waals surface area contributed by atoms with E-state index in [0.29, 0.717) is 5.92 Å². The second kappa shape index (κ2) is 6.08. The van der Waals surface area contributed by atoms with Crippen LogP contribution in [0.2, 0.25) is 0 Å². The van der Waals surface area contributed by atoms with E-state index in [9.17, 15) is 0 Å².